The summed E-state index contributed by atoms with van der Waals surface area (Å²) < 4.78 is 9.68. The van der Waals surface area contributed by atoms with Crippen molar-refractivity contribution in [1.82, 2.24) is 0 Å². The van der Waals surface area contributed by atoms with E-state index < -0.39 is 5.60 Å². The summed E-state index contributed by atoms with van der Waals surface area (Å²) in [7, 11) is 1.60. The van der Waals surface area contributed by atoms with Gasteiger partial charge in [0.2, 0.25) is 0 Å². The summed E-state index contributed by atoms with van der Waals surface area (Å²) >= 11 is 0. The van der Waals surface area contributed by atoms with Gasteiger partial charge in [0, 0.05) is 43.7 Å². The molecule has 0 saturated heterocycles. The average Bonchev–Trinajstić information content (AvgIpc) is 1.56. The van der Waals surface area contributed by atoms with Crippen molar-refractivity contribution in [2.75, 3.05) is 7.11 Å². The second-order valence-corrected chi connectivity index (χ2v) is 28.7. The first-order valence-corrected chi connectivity index (χ1v) is 38.1. The van der Waals surface area contributed by atoms with Crippen LogP contribution in [0.3, 0.4) is 0 Å². The zero-order chi connectivity index (χ0) is 84.3. The minimum atomic E-state index is -0.560. The monoisotopic (exact) mass is 1500 g/mol. The highest BCUT2D eigenvalue weighted by Crippen LogP contribution is 2.19. The molecule has 1 heterocycles. The number of carbonyl (C=O) groups is 11. The van der Waals surface area contributed by atoms with Gasteiger partial charge in [-0.2, -0.15) is 0 Å². The van der Waals surface area contributed by atoms with Gasteiger partial charge in [-0.25, -0.2) is 0 Å². The van der Waals surface area contributed by atoms with E-state index >= 15 is 0 Å². The van der Waals surface area contributed by atoms with E-state index in [0.29, 0.717) is 48.8 Å². The van der Waals surface area contributed by atoms with Gasteiger partial charge < -0.3 is 33.4 Å². The maximum Gasteiger partial charge on any atom is 0.194 e. The van der Waals surface area contributed by atoms with Gasteiger partial charge in [0.15, 0.2) is 46.2 Å². The second-order valence-electron chi connectivity index (χ2n) is 28.7. The minimum Gasteiger partial charge on any atom is -0.497 e. The van der Waals surface area contributed by atoms with Crippen LogP contribution < -0.4 is 4.74 Å². The van der Waals surface area contributed by atoms with Crippen LogP contribution in [0.1, 0.15) is 311 Å². The van der Waals surface area contributed by atoms with Gasteiger partial charge in [-0.1, -0.05) is 191 Å². The molecule has 1 aromatic heterocycles. The van der Waals surface area contributed by atoms with Crippen LogP contribution in [0.2, 0.25) is 0 Å². The van der Waals surface area contributed by atoms with Crippen LogP contribution in [0.25, 0.3) is 12.2 Å². The predicted molar refractivity (Wildman–Crippen MR) is 454 cm³/mol. The number of furan rings is 1. The molecule has 109 heavy (non-hydrogen) atoms. The zero-order valence-corrected chi connectivity index (χ0v) is 71.2. The third kappa shape index (κ3) is 82.6. The number of hydrogen-bond donors (Lipinski definition) is 1. The van der Waals surface area contributed by atoms with Gasteiger partial charge in [-0.05, 0) is 265 Å². The molecule has 1 unspecified atom stereocenters. The van der Waals surface area contributed by atoms with Crippen molar-refractivity contribution < 1.29 is 67.0 Å². The zero-order valence-electron chi connectivity index (χ0n) is 71.2. The molecular weight excluding hydrogens is 1370 g/mol. The summed E-state index contributed by atoms with van der Waals surface area (Å²) in [6.45, 7) is 41.7. The molecule has 602 valence electrons. The summed E-state index contributed by atoms with van der Waals surface area (Å²) in [5, 5.41) is 9.45. The minimum absolute atomic E-state index is 0.0324. The molecule has 0 radical (unpaired) electrons. The van der Waals surface area contributed by atoms with Gasteiger partial charge in [-0.15, -0.1) is 0 Å². The van der Waals surface area contributed by atoms with Gasteiger partial charge in [0.05, 0.1) is 19.0 Å². The number of hydrogen-bond acceptors (Lipinski definition) is 14. The largest absolute Gasteiger partial charge is 0.497 e. The van der Waals surface area contributed by atoms with E-state index in [-0.39, 0.29) is 63.6 Å². The number of ketones is 11. The fourth-order valence-electron chi connectivity index (χ4n) is 9.25. The van der Waals surface area contributed by atoms with Crippen molar-refractivity contribution in [1.29, 1.82) is 0 Å². The normalized spacial score (nSPS) is 10.7. The van der Waals surface area contributed by atoms with E-state index in [0.717, 1.165) is 92.2 Å². The van der Waals surface area contributed by atoms with Gasteiger partial charge in [-0.3, -0.25) is 33.6 Å². The number of carbonyl (C=O) groups excluding carboxylic acids is 11. The molecule has 0 bridgehead atoms. The number of allylic oxidation sites excluding steroid dienone is 10. The van der Waals surface area contributed by atoms with Gasteiger partial charge in [0.1, 0.15) is 28.9 Å². The van der Waals surface area contributed by atoms with Crippen LogP contribution in [-0.2, 0) is 38.4 Å². The van der Waals surface area contributed by atoms with Crippen LogP contribution >= 0.6 is 0 Å². The molecule has 14 nitrogen and oxygen atoms in total. The van der Waals surface area contributed by atoms with E-state index in [1.165, 1.54) is 54.7 Å². The van der Waals surface area contributed by atoms with E-state index in [1.54, 1.807) is 131 Å². The Kier molecular flexibility index (Phi) is 68.8. The second kappa shape index (κ2) is 69.2. The average molecular weight is 1500 g/mol. The van der Waals surface area contributed by atoms with Crippen LogP contribution in [0.5, 0.6) is 5.75 Å². The summed E-state index contributed by atoms with van der Waals surface area (Å²) in [6, 6.07) is 39.4. The van der Waals surface area contributed by atoms with Crippen molar-refractivity contribution in [3.63, 3.8) is 0 Å². The molecule has 14 heteroatoms. The number of rotatable bonds is 33. The first kappa shape index (κ1) is 108. The van der Waals surface area contributed by atoms with E-state index in [9.17, 15) is 57.8 Å². The van der Waals surface area contributed by atoms with Crippen molar-refractivity contribution in [3.05, 3.63) is 220 Å². The third-order valence-electron chi connectivity index (χ3n) is 14.7. The first-order valence-electron chi connectivity index (χ1n) is 38.1. The lowest BCUT2D eigenvalue weighted by Gasteiger charge is -2.17. The maximum atomic E-state index is 11.5. The number of aliphatic hydroxyl groups is 1. The fraction of sp³-hybridized carbons (Fsp3) is 0.463. The number of ether oxygens (including phenoxy) is 1. The van der Waals surface area contributed by atoms with Crippen LogP contribution in [-0.4, -0.2) is 81.4 Å². The topological polar surface area (TPSA) is 230 Å². The molecule has 4 aromatic carbocycles. The predicted octanol–water partition coefficient (Wildman–Crippen LogP) is 24.2. The number of unbranched alkanes of at least 4 members (excludes halogenated alkanes) is 3. The van der Waals surface area contributed by atoms with Crippen molar-refractivity contribution in [2.45, 2.75) is 274 Å². The Morgan fingerprint density at radius 3 is 1.21 bits per heavy atom. The molecule has 5 aromatic rings. The molecule has 1 N–H and O–H groups in total. The third-order valence-corrected chi connectivity index (χ3v) is 14.7. The number of Topliss-reactive ketones (excluding diaryl/α,β-unsaturated/α-hetero) is 8. The fourth-order valence-corrected chi connectivity index (χ4v) is 9.25. The number of methoxy groups -OCH3 is 1. The Morgan fingerprint density at radius 1 is 0.459 bits per heavy atom. The smallest absolute Gasteiger partial charge is 0.194 e. The molecule has 1 atom stereocenters. The Labute approximate surface area is 658 Å². The van der Waals surface area contributed by atoms with E-state index in [1.807, 2.05) is 145 Å². The highest BCUT2D eigenvalue weighted by atomic mass is 16.5. The van der Waals surface area contributed by atoms with Crippen LogP contribution in [0.15, 0.2) is 196 Å². The van der Waals surface area contributed by atoms with Crippen molar-refractivity contribution >= 4 is 75.8 Å². The summed E-state index contributed by atoms with van der Waals surface area (Å²) in [6.07, 6.45) is 30.5. The molecular formula is C95H138O14. The van der Waals surface area contributed by atoms with Crippen molar-refractivity contribution in [2.24, 2.45) is 11.8 Å². The molecule has 0 aliphatic rings. The quantitative estimate of drug-likeness (QED) is 0.0178. The molecule has 0 saturated carbocycles. The summed E-state index contributed by atoms with van der Waals surface area (Å²) in [5.74, 6) is 3.78. The highest BCUT2D eigenvalue weighted by Gasteiger charge is 2.13. The van der Waals surface area contributed by atoms with Crippen LogP contribution in [0.4, 0.5) is 0 Å². The molecule has 0 amide bonds. The summed E-state index contributed by atoms with van der Waals surface area (Å²) in [4.78, 5) is 117. The lowest BCUT2D eigenvalue weighted by Crippen LogP contribution is -2.18. The van der Waals surface area contributed by atoms with Gasteiger partial charge in [0.25, 0.3) is 0 Å². The SMILES string of the molecule is CC(=O)/C=C(/C)CCC=C(C)C.CC(=O)/C=C(\C)CCC=C(C)C.CC(=O)/C=C/c1ccccc1.CC(=O)CC(C)C.CC(=O)CC(C)CCCC(C)(C)O.CC(=O)CCCC(C)=O.CC(=O)c1ccccc1.CC(=O)c1ccco1.CCCCCC/C(=C\c1ccccc1)C(C)=O.COc1ccc(C(C)=O)cc1. The van der Waals surface area contributed by atoms with Gasteiger partial charge >= 0.3 is 0 Å². The Bertz CT molecular complexity index is 3460. The molecule has 0 spiro atoms. The number of benzene rings is 4. The van der Waals surface area contributed by atoms with Crippen molar-refractivity contribution in [3.8, 4) is 5.75 Å². The Morgan fingerprint density at radius 2 is 0.899 bits per heavy atom. The standard InChI is InChI=1S/C16H22O.C11H22O2.2C11H18O.C10H10O.C9H10O2.C8H8O.C7H12O2.C6H6O2.C6H12O/c1-3-4-5-9-12-16(14(2)17)13-15-10-7-6-8-11-15;1-9(8-10(2)12)6-5-7-11(3,4)13;2*1-9(2)6-5-7-10(3)8-11(4)12;1-9(11)7-8-10-5-3-2-4-6-10;1-7(10)8-3-5-9(11-2)6-4-8;1-7(9)8-5-3-2-4-6-8;1-6(8)4-3-5-7(2)9;1-5(7)6-3-2-4-8-6;1-5(2)4-6(3)7/h6-8,10-11,13H,3-5,9,12H2,1-2H3;9,13H,5-8H2,1-4H3;2*6,8H,5,7H2,1-4H3;2-8H,1H3;3-6H,1-2H3;2-6H,1H3;3-5H2,1-2H3;2-4H,1H3;5H,4H2,1-3H3/b16-13+;;10-8+;10-8-;8-7+;;;;;. The lowest BCUT2D eigenvalue weighted by atomic mass is 9.94. The Balaban J connectivity index is -0.000000371. The molecule has 0 fully saturated rings. The molecule has 0 aliphatic heterocycles. The van der Waals surface area contributed by atoms with E-state index in [2.05, 4.69) is 53.7 Å². The Hall–Kier alpha value is -9.27. The first-order chi connectivity index (χ1) is 51.0. The lowest BCUT2D eigenvalue weighted by molar-refractivity contribution is -0.119. The maximum absolute atomic E-state index is 11.5. The summed E-state index contributed by atoms with van der Waals surface area (Å²) in [5.41, 5.74) is 9.07. The molecule has 0 aliphatic carbocycles. The van der Waals surface area contributed by atoms with Crippen LogP contribution in [0, 0.1) is 11.8 Å². The highest BCUT2D eigenvalue weighted by molar-refractivity contribution is 5.98. The molecule has 5 rings (SSSR count). The van der Waals surface area contributed by atoms with E-state index in [4.69, 9.17) is 9.15 Å².